The zero-order chi connectivity index (χ0) is 14.2. The van der Waals surface area contributed by atoms with Gasteiger partial charge < -0.3 is 4.74 Å². The average Bonchev–Trinajstić information content (AvgIpc) is 2.48. The molecule has 0 aliphatic heterocycles. The lowest BCUT2D eigenvalue weighted by molar-refractivity contribution is 0.360. The second-order valence-corrected chi connectivity index (χ2v) is 5.21. The van der Waals surface area contributed by atoms with Crippen molar-refractivity contribution < 1.29 is 9.13 Å². The number of alkyl halides is 1. The van der Waals surface area contributed by atoms with Gasteiger partial charge in [0.2, 0.25) is 0 Å². The molecule has 0 aliphatic rings. The molecule has 106 valence electrons. The molecule has 20 heavy (non-hydrogen) atoms. The fourth-order valence-electron chi connectivity index (χ4n) is 2.12. The Bertz CT molecular complexity index is 510. The minimum atomic E-state index is -0.225. The minimum Gasteiger partial charge on any atom is -0.457 e. The number of rotatable bonds is 7. The van der Waals surface area contributed by atoms with Gasteiger partial charge in [-0.1, -0.05) is 37.3 Å². The zero-order valence-electron chi connectivity index (χ0n) is 11.9. The normalized spacial score (nSPS) is 12.1. The maximum atomic E-state index is 12.4. The molecular formula is C18H21FO. The molecule has 0 aromatic heterocycles. The van der Waals surface area contributed by atoms with E-state index in [2.05, 4.69) is 12.1 Å². The predicted molar refractivity (Wildman–Crippen MR) is 81.0 cm³/mol. The maximum absolute atomic E-state index is 12.4. The molecule has 1 atom stereocenters. The van der Waals surface area contributed by atoms with Crippen molar-refractivity contribution in [2.75, 3.05) is 6.67 Å². The van der Waals surface area contributed by atoms with Crippen LogP contribution in [0, 0.1) is 5.92 Å². The fraction of sp³-hybridized carbons (Fsp3) is 0.333. The van der Waals surface area contributed by atoms with Gasteiger partial charge in [-0.15, -0.1) is 0 Å². The highest BCUT2D eigenvalue weighted by atomic mass is 19.1. The summed E-state index contributed by atoms with van der Waals surface area (Å²) in [6.45, 7) is 1.73. The molecule has 0 amide bonds. The van der Waals surface area contributed by atoms with E-state index >= 15 is 0 Å². The Hall–Kier alpha value is -1.83. The van der Waals surface area contributed by atoms with E-state index in [-0.39, 0.29) is 12.6 Å². The largest absolute Gasteiger partial charge is 0.457 e. The van der Waals surface area contributed by atoms with Crippen LogP contribution >= 0.6 is 0 Å². The van der Waals surface area contributed by atoms with Crippen molar-refractivity contribution in [1.82, 2.24) is 0 Å². The van der Waals surface area contributed by atoms with E-state index in [9.17, 15) is 4.39 Å². The Kier molecular flexibility index (Phi) is 5.60. The van der Waals surface area contributed by atoms with Crippen molar-refractivity contribution in [1.29, 1.82) is 0 Å². The molecular weight excluding hydrogens is 251 g/mol. The van der Waals surface area contributed by atoms with Gasteiger partial charge in [-0.3, -0.25) is 4.39 Å². The topological polar surface area (TPSA) is 9.23 Å². The van der Waals surface area contributed by atoms with Gasteiger partial charge in [0, 0.05) is 0 Å². The van der Waals surface area contributed by atoms with E-state index in [1.54, 1.807) is 0 Å². The van der Waals surface area contributed by atoms with Crippen LogP contribution < -0.4 is 4.74 Å². The van der Waals surface area contributed by atoms with Gasteiger partial charge in [-0.05, 0) is 55.0 Å². The molecule has 0 aliphatic carbocycles. The number of aryl methyl sites for hydroxylation is 1. The molecule has 0 bridgehead atoms. The first kappa shape index (κ1) is 14.6. The fourth-order valence-corrected chi connectivity index (χ4v) is 2.12. The molecule has 1 unspecified atom stereocenters. The van der Waals surface area contributed by atoms with Crippen LogP contribution in [0.25, 0.3) is 0 Å². The van der Waals surface area contributed by atoms with Gasteiger partial charge in [0.15, 0.2) is 0 Å². The zero-order valence-corrected chi connectivity index (χ0v) is 11.9. The first-order chi connectivity index (χ1) is 9.78. The second kappa shape index (κ2) is 7.68. The Morgan fingerprint density at radius 3 is 2.50 bits per heavy atom. The predicted octanol–water partition coefficient (Wildman–Crippen LogP) is 5.41. The van der Waals surface area contributed by atoms with Crippen LogP contribution in [0.2, 0.25) is 0 Å². The summed E-state index contributed by atoms with van der Waals surface area (Å²) in [7, 11) is 0. The summed E-state index contributed by atoms with van der Waals surface area (Å²) in [6, 6.07) is 17.9. The molecule has 1 nitrogen and oxygen atoms in total. The lowest BCUT2D eigenvalue weighted by Crippen LogP contribution is -1.97. The third kappa shape index (κ3) is 4.69. The van der Waals surface area contributed by atoms with Crippen molar-refractivity contribution in [2.24, 2.45) is 5.92 Å². The van der Waals surface area contributed by atoms with E-state index in [1.165, 1.54) is 5.56 Å². The highest BCUT2D eigenvalue weighted by molar-refractivity contribution is 5.33. The molecule has 0 heterocycles. The SMILES string of the molecule is CC(CF)CCCc1cccc(Oc2ccccc2)c1. The summed E-state index contributed by atoms with van der Waals surface area (Å²) in [5, 5.41) is 0. The smallest absolute Gasteiger partial charge is 0.127 e. The third-order valence-electron chi connectivity index (χ3n) is 3.30. The molecule has 0 saturated carbocycles. The van der Waals surface area contributed by atoms with E-state index in [1.807, 2.05) is 49.4 Å². The summed E-state index contributed by atoms with van der Waals surface area (Å²) < 4.78 is 18.2. The first-order valence-corrected chi connectivity index (χ1v) is 7.15. The Balaban J connectivity index is 1.91. The maximum Gasteiger partial charge on any atom is 0.127 e. The van der Waals surface area contributed by atoms with Gasteiger partial charge in [-0.2, -0.15) is 0 Å². The van der Waals surface area contributed by atoms with Crippen LogP contribution in [0.5, 0.6) is 11.5 Å². The molecule has 0 radical (unpaired) electrons. The lowest BCUT2D eigenvalue weighted by Gasteiger charge is -2.09. The monoisotopic (exact) mass is 272 g/mol. The lowest BCUT2D eigenvalue weighted by atomic mass is 10.0. The minimum absolute atomic E-state index is 0.166. The van der Waals surface area contributed by atoms with Gasteiger partial charge in [0.05, 0.1) is 6.67 Å². The molecule has 2 aromatic carbocycles. The van der Waals surface area contributed by atoms with Gasteiger partial charge in [0.25, 0.3) is 0 Å². The van der Waals surface area contributed by atoms with Crippen LogP contribution in [0.3, 0.4) is 0 Å². The number of benzene rings is 2. The quantitative estimate of drug-likeness (QED) is 0.655. The van der Waals surface area contributed by atoms with Crippen LogP contribution in [0.4, 0.5) is 4.39 Å². The van der Waals surface area contributed by atoms with Gasteiger partial charge >= 0.3 is 0 Å². The van der Waals surface area contributed by atoms with E-state index in [0.717, 1.165) is 30.8 Å². The van der Waals surface area contributed by atoms with Crippen molar-refractivity contribution in [3.05, 3.63) is 60.2 Å². The summed E-state index contributed by atoms with van der Waals surface area (Å²) in [5.74, 6) is 1.86. The summed E-state index contributed by atoms with van der Waals surface area (Å²) in [4.78, 5) is 0. The van der Waals surface area contributed by atoms with Crippen molar-refractivity contribution >= 4 is 0 Å². The molecule has 0 spiro atoms. The summed E-state index contributed by atoms with van der Waals surface area (Å²) in [6.07, 6.45) is 2.91. The number of hydrogen-bond acceptors (Lipinski definition) is 1. The highest BCUT2D eigenvalue weighted by Crippen LogP contribution is 2.22. The van der Waals surface area contributed by atoms with Crippen molar-refractivity contribution in [2.45, 2.75) is 26.2 Å². The summed E-state index contributed by atoms with van der Waals surface area (Å²) >= 11 is 0. The highest BCUT2D eigenvalue weighted by Gasteiger charge is 2.02. The molecule has 0 saturated heterocycles. The molecule has 0 N–H and O–H groups in total. The van der Waals surface area contributed by atoms with Crippen LogP contribution in [-0.4, -0.2) is 6.67 Å². The first-order valence-electron chi connectivity index (χ1n) is 7.15. The number of halogens is 1. The third-order valence-corrected chi connectivity index (χ3v) is 3.30. The van der Waals surface area contributed by atoms with Gasteiger partial charge in [-0.25, -0.2) is 0 Å². The molecule has 0 fully saturated rings. The van der Waals surface area contributed by atoms with Crippen molar-refractivity contribution in [3.8, 4) is 11.5 Å². The number of ether oxygens (including phenoxy) is 1. The van der Waals surface area contributed by atoms with E-state index in [0.29, 0.717) is 0 Å². The standard InChI is InChI=1S/C18H21FO/c1-15(14-19)7-5-8-16-9-6-12-18(13-16)20-17-10-3-2-4-11-17/h2-4,6,9-13,15H,5,7-8,14H2,1H3. The van der Waals surface area contributed by atoms with E-state index in [4.69, 9.17) is 4.74 Å². The Morgan fingerprint density at radius 2 is 1.75 bits per heavy atom. The van der Waals surface area contributed by atoms with Crippen molar-refractivity contribution in [3.63, 3.8) is 0 Å². The van der Waals surface area contributed by atoms with Crippen LogP contribution in [-0.2, 0) is 6.42 Å². The molecule has 2 rings (SSSR count). The van der Waals surface area contributed by atoms with Gasteiger partial charge in [0.1, 0.15) is 11.5 Å². The Labute approximate surface area is 120 Å². The van der Waals surface area contributed by atoms with Crippen LogP contribution in [0.15, 0.2) is 54.6 Å². The summed E-state index contributed by atoms with van der Waals surface area (Å²) in [5.41, 5.74) is 1.24. The average molecular weight is 272 g/mol. The second-order valence-electron chi connectivity index (χ2n) is 5.21. The molecule has 2 aromatic rings. The molecule has 2 heteroatoms. The number of para-hydroxylation sites is 1. The Morgan fingerprint density at radius 1 is 1.00 bits per heavy atom. The van der Waals surface area contributed by atoms with Crippen LogP contribution in [0.1, 0.15) is 25.3 Å². The van der Waals surface area contributed by atoms with E-state index < -0.39 is 0 Å². The number of hydrogen-bond donors (Lipinski definition) is 0.